The van der Waals surface area contributed by atoms with Crippen molar-refractivity contribution < 1.29 is 23.6 Å². The Morgan fingerprint density at radius 2 is 1.94 bits per heavy atom. The van der Waals surface area contributed by atoms with Gasteiger partial charge < -0.3 is 9.80 Å². The second-order valence-corrected chi connectivity index (χ2v) is 9.29. The average molecular weight is 488 g/mol. The number of benzene rings is 2. The number of anilines is 1. The second-order valence-electron chi connectivity index (χ2n) is 9.29. The molecule has 2 atom stereocenters. The zero-order valence-electron chi connectivity index (χ0n) is 19.3. The number of nitrogens with zero attached hydrogens (tertiary/aromatic N) is 5. The lowest BCUT2D eigenvalue weighted by Crippen LogP contribution is -2.52. The molecule has 0 aliphatic carbocycles. The molecule has 2 aromatic carbocycles. The molecule has 3 aliphatic rings. The molecule has 0 spiro atoms. The van der Waals surface area contributed by atoms with E-state index >= 15 is 0 Å². The molecule has 2 unspecified atom stereocenters. The monoisotopic (exact) mass is 488 g/mol. The summed E-state index contributed by atoms with van der Waals surface area (Å²) < 4.78 is 15.0. The van der Waals surface area contributed by atoms with Crippen LogP contribution in [0.15, 0.2) is 42.6 Å². The van der Waals surface area contributed by atoms with Gasteiger partial charge >= 0.3 is 0 Å². The number of piperidine rings is 1. The Bertz CT molecular complexity index is 1470. The van der Waals surface area contributed by atoms with Crippen molar-refractivity contribution in [2.45, 2.75) is 44.8 Å². The Kier molecular flexibility index (Phi) is 4.95. The van der Waals surface area contributed by atoms with Gasteiger partial charge in [0.25, 0.3) is 11.8 Å². The van der Waals surface area contributed by atoms with Crippen LogP contribution in [0.2, 0.25) is 0 Å². The number of hydrogen-bond acceptors (Lipinski definition) is 6. The van der Waals surface area contributed by atoms with E-state index in [1.165, 1.54) is 27.9 Å². The molecule has 11 heteroatoms. The molecule has 0 bridgehead atoms. The smallest absolute Gasteiger partial charge is 0.280 e. The SMILES string of the molecule is CC1Cc2cc(F)ccc2N1C(=O)c1cn(-c2ccc3c(c2)C(=O)N(C2CCC(=O)NC2=O)C3)nn1. The van der Waals surface area contributed by atoms with Crippen LogP contribution in [0.3, 0.4) is 0 Å². The van der Waals surface area contributed by atoms with Crippen LogP contribution < -0.4 is 10.2 Å². The first-order chi connectivity index (χ1) is 17.3. The lowest BCUT2D eigenvalue weighted by molar-refractivity contribution is -0.136. The van der Waals surface area contributed by atoms with E-state index in [9.17, 15) is 23.6 Å². The molecule has 1 N–H and O–H groups in total. The standard InChI is InChI=1S/C25H21FN6O4/c1-13-8-15-9-16(26)3-5-20(15)32(13)25(36)19-12-31(29-28-19)17-4-2-14-11-30(24(35)18(14)10-17)21-6-7-22(33)27-23(21)34/h2-5,9-10,12-13,21H,6-8,11H2,1H3,(H,27,33,34). The molecule has 36 heavy (non-hydrogen) atoms. The van der Waals surface area contributed by atoms with Gasteiger partial charge in [-0.25, -0.2) is 9.07 Å². The highest BCUT2D eigenvalue weighted by Crippen LogP contribution is 2.34. The molecular formula is C25H21FN6O4. The molecule has 4 heterocycles. The van der Waals surface area contributed by atoms with E-state index in [4.69, 9.17) is 0 Å². The summed E-state index contributed by atoms with van der Waals surface area (Å²) in [7, 11) is 0. The third-order valence-electron chi connectivity index (χ3n) is 6.96. The predicted molar refractivity (Wildman–Crippen MR) is 124 cm³/mol. The molecule has 6 rings (SSSR count). The lowest BCUT2D eigenvalue weighted by Gasteiger charge is -2.29. The summed E-state index contributed by atoms with van der Waals surface area (Å²) in [6.45, 7) is 2.16. The minimum atomic E-state index is -0.694. The maximum absolute atomic E-state index is 13.6. The van der Waals surface area contributed by atoms with E-state index in [0.717, 1.165) is 11.1 Å². The van der Waals surface area contributed by atoms with Gasteiger partial charge in [-0.3, -0.25) is 24.5 Å². The first-order valence-corrected chi connectivity index (χ1v) is 11.6. The summed E-state index contributed by atoms with van der Waals surface area (Å²) in [4.78, 5) is 53.2. The van der Waals surface area contributed by atoms with Crippen LogP contribution >= 0.6 is 0 Å². The largest absolute Gasteiger partial charge is 0.322 e. The molecule has 1 saturated heterocycles. The number of carbonyl (C=O) groups excluding carboxylic acids is 4. The van der Waals surface area contributed by atoms with Gasteiger partial charge in [-0.15, -0.1) is 5.10 Å². The number of hydrogen-bond donors (Lipinski definition) is 1. The van der Waals surface area contributed by atoms with Gasteiger partial charge in [0.15, 0.2) is 5.69 Å². The van der Waals surface area contributed by atoms with Crippen LogP contribution in [-0.4, -0.2) is 55.6 Å². The topological polar surface area (TPSA) is 118 Å². The number of halogens is 1. The molecule has 0 saturated carbocycles. The van der Waals surface area contributed by atoms with Gasteiger partial charge in [-0.2, -0.15) is 0 Å². The highest BCUT2D eigenvalue weighted by Gasteiger charge is 2.39. The second kappa shape index (κ2) is 8.08. The highest BCUT2D eigenvalue weighted by atomic mass is 19.1. The number of nitrogens with one attached hydrogen (secondary N) is 1. The average Bonchev–Trinajstić information content (AvgIpc) is 3.54. The molecule has 1 fully saturated rings. The third-order valence-corrected chi connectivity index (χ3v) is 6.96. The van der Waals surface area contributed by atoms with Crippen molar-refractivity contribution in [3.8, 4) is 5.69 Å². The fourth-order valence-electron chi connectivity index (χ4n) is 5.21. The van der Waals surface area contributed by atoms with Crippen LogP contribution in [-0.2, 0) is 22.6 Å². The molecule has 1 aromatic heterocycles. The fraction of sp³-hybridized carbons (Fsp3) is 0.280. The number of imide groups is 1. The minimum absolute atomic E-state index is 0.121. The maximum atomic E-state index is 13.6. The lowest BCUT2D eigenvalue weighted by atomic mass is 10.0. The first-order valence-electron chi connectivity index (χ1n) is 11.6. The number of fused-ring (bicyclic) bond motifs is 2. The molecule has 3 aliphatic heterocycles. The van der Waals surface area contributed by atoms with Gasteiger partial charge in [-0.1, -0.05) is 11.3 Å². The van der Waals surface area contributed by atoms with Gasteiger partial charge in [0.2, 0.25) is 11.8 Å². The van der Waals surface area contributed by atoms with E-state index in [0.29, 0.717) is 23.4 Å². The Morgan fingerprint density at radius 3 is 2.75 bits per heavy atom. The van der Waals surface area contributed by atoms with Gasteiger partial charge in [0.05, 0.1) is 11.9 Å². The van der Waals surface area contributed by atoms with E-state index in [-0.39, 0.29) is 54.7 Å². The molecule has 0 radical (unpaired) electrons. The van der Waals surface area contributed by atoms with Gasteiger partial charge in [-0.05, 0) is 61.2 Å². The number of carbonyl (C=O) groups is 4. The highest BCUT2D eigenvalue weighted by molar-refractivity contribution is 6.07. The Labute approximate surface area is 204 Å². The minimum Gasteiger partial charge on any atom is -0.322 e. The van der Waals surface area contributed by atoms with Crippen LogP contribution in [0.5, 0.6) is 0 Å². The zero-order chi connectivity index (χ0) is 25.1. The first kappa shape index (κ1) is 22.1. The van der Waals surface area contributed by atoms with Gasteiger partial charge in [0, 0.05) is 30.3 Å². The van der Waals surface area contributed by atoms with Crippen molar-refractivity contribution in [1.29, 1.82) is 0 Å². The van der Waals surface area contributed by atoms with Crippen LogP contribution in [0.4, 0.5) is 10.1 Å². The summed E-state index contributed by atoms with van der Waals surface area (Å²) in [6, 6.07) is 8.71. The van der Waals surface area contributed by atoms with Gasteiger partial charge in [0.1, 0.15) is 11.9 Å². The van der Waals surface area contributed by atoms with Crippen molar-refractivity contribution in [3.63, 3.8) is 0 Å². The molecular weight excluding hydrogens is 467 g/mol. The summed E-state index contributed by atoms with van der Waals surface area (Å²) in [5.41, 5.74) is 3.28. The van der Waals surface area contributed by atoms with Crippen LogP contribution in [0, 0.1) is 5.82 Å². The predicted octanol–water partition coefficient (Wildman–Crippen LogP) is 1.76. The molecule has 3 aromatic rings. The maximum Gasteiger partial charge on any atom is 0.280 e. The van der Waals surface area contributed by atoms with Crippen LogP contribution in [0.1, 0.15) is 51.7 Å². The van der Waals surface area contributed by atoms with Crippen LogP contribution in [0.25, 0.3) is 5.69 Å². The molecule has 182 valence electrons. The Balaban J connectivity index is 1.24. The molecule has 4 amide bonds. The summed E-state index contributed by atoms with van der Waals surface area (Å²) in [5, 5.41) is 10.4. The molecule has 10 nitrogen and oxygen atoms in total. The number of amides is 4. The normalized spacial score (nSPS) is 21.0. The van der Waals surface area contributed by atoms with Crippen molar-refractivity contribution in [3.05, 3.63) is 70.8 Å². The zero-order valence-corrected chi connectivity index (χ0v) is 19.3. The Hall–Kier alpha value is -4.41. The quantitative estimate of drug-likeness (QED) is 0.562. The summed E-state index contributed by atoms with van der Waals surface area (Å²) in [5.74, 6) is -1.79. The van der Waals surface area contributed by atoms with E-state index < -0.39 is 11.9 Å². The summed E-state index contributed by atoms with van der Waals surface area (Å²) >= 11 is 0. The number of aromatic nitrogens is 3. The van der Waals surface area contributed by atoms with Crippen molar-refractivity contribution >= 4 is 29.3 Å². The van der Waals surface area contributed by atoms with Crippen molar-refractivity contribution in [1.82, 2.24) is 25.2 Å². The van der Waals surface area contributed by atoms with Crippen molar-refractivity contribution in [2.75, 3.05) is 4.90 Å². The Morgan fingerprint density at radius 1 is 1.11 bits per heavy atom. The summed E-state index contributed by atoms with van der Waals surface area (Å²) in [6.07, 6.45) is 2.52. The van der Waals surface area contributed by atoms with E-state index in [1.807, 2.05) is 6.92 Å². The number of rotatable bonds is 3. The van der Waals surface area contributed by atoms with Crippen molar-refractivity contribution in [2.24, 2.45) is 0 Å². The fourth-order valence-corrected chi connectivity index (χ4v) is 5.21. The van der Waals surface area contributed by atoms with E-state index in [2.05, 4.69) is 15.6 Å². The van der Waals surface area contributed by atoms with E-state index in [1.54, 1.807) is 29.2 Å². The third kappa shape index (κ3) is 3.46.